The molecular weight excluding hydrogens is 204 g/mol. The van der Waals surface area contributed by atoms with E-state index in [4.69, 9.17) is 0 Å². The highest BCUT2D eigenvalue weighted by molar-refractivity contribution is 5.33. The number of isocyanates is 1. The molecule has 0 aliphatic heterocycles. The van der Waals surface area contributed by atoms with Gasteiger partial charge in [-0.05, 0) is 0 Å². The molecule has 0 aromatic carbocycles. The fraction of sp³-hybridized carbons (Fsp3) is 0.800. The Labute approximate surface area is 68.2 Å². The Hall–Kier alpha value is -1.04. The summed E-state index contributed by atoms with van der Waals surface area (Å²) < 4.78 is 69.4. The highest BCUT2D eigenvalue weighted by Gasteiger charge is 2.46. The van der Waals surface area contributed by atoms with Gasteiger partial charge < -0.3 is 0 Å². The maximum Gasteiger partial charge on any atom is 0.411 e. The minimum absolute atomic E-state index is 0.452. The van der Waals surface area contributed by atoms with Crippen LogP contribution in [0.5, 0.6) is 0 Å². The second-order valence-electron chi connectivity index (χ2n) is 2.10. The van der Waals surface area contributed by atoms with Crippen LogP contribution in [0.15, 0.2) is 4.99 Å². The molecule has 0 heterocycles. The van der Waals surface area contributed by atoms with Gasteiger partial charge in [0.15, 0.2) is 6.04 Å². The average Bonchev–Trinajstić information content (AvgIpc) is 1.81. The molecule has 0 N–H and O–H groups in total. The van der Waals surface area contributed by atoms with Crippen molar-refractivity contribution in [1.29, 1.82) is 0 Å². The number of rotatable bonds is 2. The highest BCUT2D eigenvalue weighted by Crippen LogP contribution is 2.32. The van der Waals surface area contributed by atoms with Gasteiger partial charge in [-0.3, -0.25) is 0 Å². The van der Waals surface area contributed by atoms with E-state index in [1.165, 1.54) is 0 Å². The van der Waals surface area contributed by atoms with E-state index in [1.807, 2.05) is 4.99 Å². The predicted molar refractivity (Wildman–Crippen MR) is 28.6 cm³/mol. The molecule has 76 valence electrons. The third-order valence-electron chi connectivity index (χ3n) is 1.01. The van der Waals surface area contributed by atoms with Crippen molar-refractivity contribution >= 4 is 6.08 Å². The van der Waals surface area contributed by atoms with Gasteiger partial charge >= 0.3 is 12.4 Å². The van der Waals surface area contributed by atoms with Crippen LogP contribution < -0.4 is 0 Å². The summed E-state index contributed by atoms with van der Waals surface area (Å²) in [5.41, 5.74) is 0. The van der Waals surface area contributed by atoms with Gasteiger partial charge in [-0.25, -0.2) is 4.79 Å². The normalized spacial score (nSPS) is 14.9. The lowest BCUT2D eigenvalue weighted by Crippen LogP contribution is -2.32. The van der Waals surface area contributed by atoms with Crippen molar-refractivity contribution in [3.05, 3.63) is 0 Å². The van der Waals surface area contributed by atoms with Gasteiger partial charge in [-0.1, -0.05) is 0 Å². The average molecular weight is 207 g/mol. The summed E-state index contributed by atoms with van der Waals surface area (Å²) in [6.45, 7) is 0. The summed E-state index contributed by atoms with van der Waals surface area (Å²) in [7, 11) is 0. The Morgan fingerprint density at radius 2 is 1.62 bits per heavy atom. The van der Waals surface area contributed by atoms with Crippen LogP contribution in [0.25, 0.3) is 0 Å². The van der Waals surface area contributed by atoms with Gasteiger partial charge in [0.2, 0.25) is 6.08 Å². The number of carbonyl (C=O) groups excluding carboxylic acids is 1. The fourth-order valence-corrected chi connectivity index (χ4v) is 0.517. The molecule has 1 atom stereocenters. The third-order valence-corrected chi connectivity index (χ3v) is 1.01. The summed E-state index contributed by atoms with van der Waals surface area (Å²) in [6.07, 6.45) is -11.9. The van der Waals surface area contributed by atoms with Crippen molar-refractivity contribution in [2.45, 2.75) is 24.8 Å². The lowest BCUT2D eigenvalue weighted by molar-refractivity contribution is -0.193. The number of alkyl halides is 6. The number of hydrogen-bond acceptors (Lipinski definition) is 2. The Morgan fingerprint density at radius 3 is 1.85 bits per heavy atom. The van der Waals surface area contributed by atoms with Crippen LogP contribution in [-0.4, -0.2) is 24.5 Å². The van der Waals surface area contributed by atoms with Gasteiger partial charge in [0.25, 0.3) is 0 Å². The van der Waals surface area contributed by atoms with Gasteiger partial charge in [0, 0.05) is 0 Å². The van der Waals surface area contributed by atoms with Crippen molar-refractivity contribution in [2.75, 3.05) is 0 Å². The molecule has 0 saturated heterocycles. The molecule has 0 unspecified atom stereocenters. The summed E-state index contributed by atoms with van der Waals surface area (Å²) in [6, 6.07) is -3.05. The SMILES string of the molecule is O=C=N[C@@H](CC(F)(F)F)C(F)(F)F. The first-order chi connectivity index (χ1) is 5.67. The zero-order chi connectivity index (χ0) is 10.7. The third kappa shape index (κ3) is 5.24. The molecule has 8 heteroatoms. The van der Waals surface area contributed by atoms with Gasteiger partial charge in [0.05, 0.1) is 6.42 Å². The Kier molecular flexibility index (Phi) is 3.48. The summed E-state index contributed by atoms with van der Waals surface area (Å²) in [4.78, 5) is 11.4. The molecule has 0 radical (unpaired) electrons. The van der Waals surface area contributed by atoms with Gasteiger partial charge in [-0.15, -0.1) is 0 Å². The van der Waals surface area contributed by atoms with Crippen LogP contribution in [-0.2, 0) is 4.79 Å². The fourth-order valence-electron chi connectivity index (χ4n) is 0.517. The van der Waals surface area contributed by atoms with Crippen LogP contribution >= 0.6 is 0 Å². The minimum atomic E-state index is -5.17. The zero-order valence-electron chi connectivity index (χ0n) is 5.91. The first kappa shape index (κ1) is 12.0. The number of hydrogen-bond donors (Lipinski definition) is 0. The van der Waals surface area contributed by atoms with E-state index >= 15 is 0 Å². The van der Waals surface area contributed by atoms with E-state index < -0.39 is 24.8 Å². The van der Waals surface area contributed by atoms with Crippen molar-refractivity contribution in [3.63, 3.8) is 0 Å². The van der Waals surface area contributed by atoms with Crippen molar-refractivity contribution in [3.8, 4) is 0 Å². The lowest BCUT2D eigenvalue weighted by Gasteiger charge is -2.15. The molecule has 0 spiro atoms. The maximum atomic E-state index is 11.7. The lowest BCUT2D eigenvalue weighted by atomic mass is 10.2. The van der Waals surface area contributed by atoms with Crippen LogP contribution in [0.2, 0.25) is 0 Å². The minimum Gasteiger partial charge on any atom is -0.211 e. The Bertz CT molecular complexity index is 212. The molecule has 0 rings (SSSR count). The molecule has 0 fully saturated rings. The topological polar surface area (TPSA) is 29.4 Å². The van der Waals surface area contributed by atoms with E-state index in [-0.39, 0.29) is 0 Å². The molecule has 2 nitrogen and oxygen atoms in total. The summed E-state index contributed by atoms with van der Waals surface area (Å²) in [5.74, 6) is 0. The molecular formula is C5H3F6NO. The molecule has 0 saturated carbocycles. The van der Waals surface area contributed by atoms with Crippen LogP contribution in [0.4, 0.5) is 26.3 Å². The van der Waals surface area contributed by atoms with E-state index in [1.54, 1.807) is 0 Å². The quantitative estimate of drug-likeness (QED) is 0.387. The van der Waals surface area contributed by atoms with E-state index in [2.05, 4.69) is 0 Å². The van der Waals surface area contributed by atoms with Crippen LogP contribution in [0, 0.1) is 0 Å². The smallest absolute Gasteiger partial charge is 0.211 e. The van der Waals surface area contributed by atoms with Gasteiger partial charge in [0.1, 0.15) is 0 Å². The highest BCUT2D eigenvalue weighted by atomic mass is 19.4. The monoisotopic (exact) mass is 207 g/mol. The zero-order valence-corrected chi connectivity index (χ0v) is 5.91. The van der Waals surface area contributed by atoms with Crippen molar-refractivity contribution in [1.82, 2.24) is 0 Å². The molecule has 0 aliphatic carbocycles. The van der Waals surface area contributed by atoms with Crippen molar-refractivity contribution in [2.24, 2.45) is 4.99 Å². The van der Waals surface area contributed by atoms with E-state index in [9.17, 15) is 31.1 Å². The second-order valence-corrected chi connectivity index (χ2v) is 2.10. The Balaban J connectivity index is 4.55. The van der Waals surface area contributed by atoms with Gasteiger partial charge in [-0.2, -0.15) is 31.3 Å². The molecule has 0 aromatic heterocycles. The first-order valence-corrected chi connectivity index (χ1v) is 2.87. The molecule has 13 heavy (non-hydrogen) atoms. The van der Waals surface area contributed by atoms with Crippen molar-refractivity contribution < 1.29 is 31.1 Å². The summed E-state index contributed by atoms with van der Waals surface area (Å²) in [5, 5.41) is 0. The molecule has 0 aromatic rings. The molecule has 0 bridgehead atoms. The number of nitrogens with zero attached hydrogens (tertiary/aromatic N) is 1. The first-order valence-electron chi connectivity index (χ1n) is 2.87. The second kappa shape index (κ2) is 3.78. The predicted octanol–water partition coefficient (Wildman–Crippen LogP) is 2.21. The largest absolute Gasteiger partial charge is 0.411 e. The van der Waals surface area contributed by atoms with Crippen LogP contribution in [0.3, 0.4) is 0 Å². The number of halogens is 6. The standard InChI is InChI=1S/C5H3F6NO/c6-4(7,8)1-3(12-2-13)5(9,10)11/h3H,1H2/t3-/m0/s1. The maximum absolute atomic E-state index is 11.7. The molecule has 0 amide bonds. The van der Waals surface area contributed by atoms with E-state index in [0.29, 0.717) is 6.08 Å². The summed E-state index contributed by atoms with van der Waals surface area (Å²) >= 11 is 0. The van der Waals surface area contributed by atoms with E-state index in [0.717, 1.165) is 0 Å². The Morgan fingerprint density at radius 1 is 1.15 bits per heavy atom. The van der Waals surface area contributed by atoms with Crippen LogP contribution in [0.1, 0.15) is 6.42 Å². The molecule has 0 aliphatic rings. The number of aliphatic imine (C=N–C) groups is 1.